The first kappa shape index (κ1) is 15.5. The van der Waals surface area contributed by atoms with Crippen LogP contribution in [0.3, 0.4) is 0 Å². The first-order chi connectivity index (χ1) is 12.8. The molecule has 2 aliphatic heterocycles. The molecule has 1 atom stereocenters. The van der Waals surface area contributed by atoms with Gasteiger partial charge in [-0.15, -0.1) is 0 Å². The number of fused-ring (bicyclic) bond motifs is 2. The molecule has 1 aromatic heterocycles. The van der Waals surface area contributed by atoms with E-state index in [1.54, 1.807) is 0 Å². The Hall–Kier alpha value is -2.73. The second-order valence-corrected chi connectivity index (χ2v) is 7.21. The molecule has 0 bridgehead atoms. The van der Waals surface area contributed by atoms with Gasteiger partial charge in [0.2, 0.25) is 0 Å². The fourth-order valence-corrected chi connectivity index (χ4v) is 4.21. The summed E-state index contributed by atoms with van der Waals surface area (Å²) < 4.78 is 0. The van der Waals surface area contributed by atoms with E-state index in [-0.39, 0.29) is 5.91 Å². The molecular weight excluding hydrogens is 326 g/mol. The lowest BCUT2D eigenvalue weighted by Gasteiger charge is -2.33. The van der Waals surface area contributed by atoms with E-state index in [0.29, 0.717) is 11.6 Å². The number of H-pyrrole nitrogens is 1. The highest BCUT2D eigenvalue weighted by Crippen LogP contribution is 2.25. The lowest BCUT2D eigenvalue weighted by Crippen LogP contribution is -2.41. The molecule has 6 heteroatoms. The van der Waals surface area contributed by atoms with Crippen LogP contribution in [-0.2, 0) is 13.0 Å². The molecule has 3 aromatic rings. The zero-order chi connectivity index (χ0) is 17.5. The molecule has 0 saturated carbocycles. The van der Waals surface area contributed by atoms with Crippen LogP contribution in [0.15, 0.2) is 42.5 Å². The number of hydrogen-bond acceptors (Lipinski definition) is 4. The van der Waals surface area contributed by atoms with E-state index in [9.17, 15) is 4.79 Å². The number of rotatable bonds is 2. The Morgan fingerprint density at radius 2 is 1.88 bits per heavy atom. The van der Waals surface area contributed by atoms with Gasteiger partial charge in [0, 0.05) is 37.8 Å². The molecule has 2 aromatic carbocycles. The summed E-state index contributed by atoms with van der Waals surface area (Å²) in [5.74, 6) is 0.0924. The monoisotopic (exact) mass is 347 g/mol. The number of aromatic amines is 1. The molecule has 1 saturated heterocycles. The van der Waals surface area contributed by atoms with E-state index >= 15 is 0 Å². The highest BCUT2D eigenvalue weighted by Gasteiger charge is 2.32. The van der Waals surface area contributed by atoms with Crippen molar-refractivity contribution in [1.29, 1.82) is 0 Å². The molecule has 1 amide bonds. The summed E-state index contributed by atoms with van der Waals surface area (Å²) in [4.78, 5) is 17.4. The summed E-state index contributed by atoms with van der Waals surface area (Å²) in [5, 5.41) is 10.7. The maximum absolute atomic E-state index is 12.9. The van der Waals surface area contributed by atoms with Crippen molar-refractivity contribution in [2.75, 3.05) is 19.6 Å². The number of aromatic nitrogens is 3. The number of hydrogen-bond donors (Lipinski definition) is 1. The second kappa shape index (κ2) is 6.21. The molecule has 5 rings (SSSR count). The number of amides is 1. The van der Waals surface area contributed by atoms with Crippen molar-refractivity contribution in [3.63, 3.8) is 0 Å². The SMILES string of the molecule is O=C(c1ccc2n[nH]nc2c1)N1CCC(N2CCc3ccccc3C2)C1. The highest BCUT2D eigenvalue weighted by atomic mass is 16.2. The maximum atomic E-state index is 12.9. The summed E-state index contributed by atoms with van der Waals surface area (Å²) in [6.45, 7) is 3.69. The molecule has 0 spiro atoms. The number of carbonyl (C=O) groups excluding carboxylic acids is 1. The fourth-order valence-electron chi connectivity index (χ4n) is 4.21. The van der Waals surface area contributed by atoms with E-state index < -0.39 is 0 Å². The minimum Gasteiger partial charge on any atom is -0.337 e. The van der Waals surface area contributed by atoms with Crippen molar-refractivity contribution >= 4 is 16.9 Å². The minimum atomic E-state index is 0.0924. The zero-order valence-corrected chi connectivity index (χ0v) is 14.6. The van der Waals surface area contributed by atoms with Gasteiger partial charge in [-0.3, -0.25) is 9.69 Å². The molecule has 1 N–H and O–H groups in total. The van der Waals surface area contributed by atoms with E-state index in [1.165, 1.54) is 11.1 Å². The first-order valence-corrected chi connectivity index (χ1v) is 9.18. The third-order valence-corrected chi connectivity index (χ3v) is 5.69. The standard InChI is InChI=1S/C20H21N5O/c26-20(15-5-6-18-19(11-15)22-23-21-18)25-10-8-17(13-25)24-9-7-14-3-1-2-4-16(14)12-24/h1-6,11,17H,7-10,12-13H2,(H,21,22,23). The van der Waals surface area contributed by atoms with Gasteiger partial charge in [-0.2, -0.15) is 15.4 Å². The van der Waals surface area contributed by atoms with Crippen LogP contribution >= 0.6 is 0 Å². The number of benzene rings is 2. The summed E-state index contributed by atoms with van der Waals surface area (Å²) in [6.07, 6.45) is 2.14. The van der Waals surface area contributed by atoms with E-state index in [4.69, 9.17) is 0 Å². The van der Waals surface area contributed by atoms with E-state index in [1.807, 2.05) is 23.1 Å². The van der Waals surface area contributed by atoms with Crippen LogP contribution in [-0.4, -0.2) is 56.8 Å². The molecule has 0 radical (unpaired) electrons. The molecular formula is C20H21N5O. The number of nitrogens with one attached hydrogen (secondary N) is 1. The molecule has 0 aliphatic carbocycles. The van der Waals surface area contributed by atoms with Gasteiger partial charge in [0.05, 0.1) is 0 Å². The lowest BCUT2D eigenvalue weighted by atomic mass is 9.98. The van der Waals surface area contributed by atoms with Crippen molar-refractivity contribution < 1.29 is 4.79 Å². The van der Waals surface area contributed by atoms with Gasteiger partial charge in [-0.05, 0) is 42.2 Å². The number of likely N-dealkylation sites (tertiary alicyclic amines) is 1. The molecule has 1 fully saturated rings. The van der Waals surface area contributed by atoms with Gasteiger partial charge in [0.15, 0.2) is 0 Å². The third-order valence-electron chi connectivity index (χ3n) is 5.69. The van der Waals surface area contributed by atoms with Crippen molar-refractivity contribution in [2.24, 2.45) is 0 Å². The maximum Gasteiger partial charge on any atom is 0.253 e. The van der Waals surface area contributed by atoms with Crippen LogP contribution in [0.2, 0.25) is 0 Å². The van der Waals surface area contributed by atoms with Crippen LogP contribution in [0.1, 0.15) is 27.9 Å². The van der Waals surface area contributed by atoms with Crippen LogP contribution < -0.4 is 0 Å². The Morgan fingerprint density at radius 1 is 1.04 bits per heavy atom. The summed E-state index contributed by atoms with van der Waals surface area (Å²) >= 11 is 0. The van der Waals surface area contributed by atoms with Crippen molar-refractivity contribution in [3.05, 3.63) is 59.2 Å². The van der Waals surface area contributed by atoms with Crippen LogP contribution in [0.4, 0.5) is 0 Å². The third kappa shape index (κ3) is 2.66. The predicted molar refractivity (Wildman–Crippen MR) is 98.8 cm³/mol. The smallest absolute Gasteiger partial charge is 0.253 e. The molecule has 3 heterocycles. The van der Waals surface area contributed by atoms with Crippen LogP contribution in [0, 0.1) is 0 Å². The highest BCUT2D eigenvalue weighted by molar-refractivity contribution is 5.97. The Balaban J connectivity index is 1.29. The van der Waals surface area contributed by atoms with Gasteiger partial charge in [0.25, 0.3) is 5.91 Å². The van der Waals surface area contributed by atoms with E-state index in [2.05, 4.69) is 44.6 Å². The predicted octanol–water partition coefficient (Wildman–Crippen LogP) is 2.23. The zero-order valence-electron chi connectivity index (χ0n) is 14.6. The molecule has 6 nitrogen and oxygen atoms in total. The molecule has 1 unspecified atom stereocenters. The van der Waals surface area contributed by atoms with Crippen molar-refractivity contribution in [1.82, 2.24) is 25.2 Å². The Bertz CT molecular complexity index is 965. The van der Waals surface area contributed by atoms with Gasteiger partial charge >= 0.3 is 0 Å². The van der Waals surface area contributed by atoms with E-state index in [0.717, 1.165) is 50.1 Å². The summed E-state index contributed by atoms with van der Waals surface area (Å²) in [5.41, 5.74) is 5.11. The summed E-state index contributed by atoms with van der Waals surface area (Å²) in [7, 11) is 0. The van der Waals surface area contributed by atoms with Gasteiger partial charge in [-0.25, -0.2) is 0 Å². The summed E-state index contributed by atoms with van der Waals surface area (Å²) in [6, 6.07) is 14.7. The minimum absolute atomic E-state index is 0.0924. The second-order valence-electron chi connectivity index (χ2n) is 7.21. The first-order valence-electron chi connectivity index (χ1n) is 9.18. The molecule has 26 heavy (non-hydrogen) atoms. The van der Waals surface area contributed by atoms with Crippen LogP contribution in [0.25, 0.3) is 11.0 Å². The number of carbonyl (C=O) groups is 1. The molecule has 132 valence electrons. The molecule has 2 aliphatic rings. The fraction of sp³-hybridized carbons (Fsp3) is 0.350. The Kier molecular flexibility index (Phi) is 3.71. The van der Waals surface area contributed by atoms with Crippen molar-refractivity contribution in [2.45, 2.75) is 25.4 Å². The Morgan fingerprint density at radius 3 is 2.81 bits per heavy atom. The van der Waals surface area contributed by atoms with Gasteiger partial charge < -0.3 is 4.90 Å². The van der Waals surface area contributed by atoms with Gasteiger partial charge in [0.1, 0.15) is 11.0 Å². The Labute approximate surface area is 151 Å². The average Bonchev–Trinajstić information content (AvgIpc) is 3.36. The number of nitrogens with zero attached hydrogens (tertiary/aromatic N) is 4. The average molecular weight is 347 g/mol. The van der Waals surface area contributed by atoms with Crippen molar-refractivity contribution in [3.8, 4) is 0 Å². The van der Waals surface area contributed by atoms with Crippen LogP contribution in [0.5, 0.6) is 0 Å². The quantitative estimate of drug-likeness (QED) is 0.772. The van der Waals surface area contributed by atoms with Gasteiger partial charge in [-0.1, -0.05) is 24.3 Å². The topological polar surface area (TPSA) is 65.1 Å². The lowest BCUT2D eigenvalue weighted by molar-refractivity contribution is 0.0773. The normalized spacial score (nSPS) is 20.5. The largest absolute Gasteiger partial charge is 0.337 e.